The summed E-state index contributed by atoms with van der Waals surface area (Å²) in [6.45, 7) is 2.13. The second-order valence-electron chi connectivity index (χ2n) is 4.78. The summed E-state index contributed by atoms with van der Waals surface area (Å²) in [5.41, 5.74) is 1.81. The molecule has 6 nitrogen and oxygen atoms in total. The molecule has 0 atom stereocenters. The van der Waals surface area contributed by atoms with Gasteiger partial charge in [-0.05, 0) is 24.6 Å². The van der Waals surface area contributed by atoms with Crippen molar-refractivity contribution in [1.29, 1.82) is 0 Å². The first-order chi connectivity index (χ1) is 11.0. The first-order valence-electron chi connectivity index (χ1n) is 6.76. The van der Waals surface area contributed by atoms with Crippen molar-refractivity contribution in [3.05, 3.63) is 50.9 Å². The number of halogens is 1. The number of aromatic amines is 1. The second kappa shape index (κ2) is 8.14. The number of amides is 1. The number of rotatable bonds is 6. The molecule has 23 heavy (non-hydrogen) atoms. The summed E-state index contributed by atoms with van der Waals surface area (Å²) in [5.74, 6) is -0.0973. The first-order valence-corrected chi connectivity index (χ1v) is 8.12. The molecule has 0 aliphatic carbocycles. The molecule has 0 saturated carbocycles. The van der Waals surface area contributed by atoms with Crippen LogP contribution in [0.3, 0.4) is 0 Å². The van der Waals surface area contributed by atoms with Crippen LogP contribution in [0.25, 0.3) is 0 Å². The molecule has 1 heterocycles. The summed E-state index contributed by atoms with van der Waals surface area (Å²) in [6, 6.07) is 6.67. The molecule has 0 aliphatic heterocycles. The van der Waals surface area contributed by atoms with Crippen molar-refractivity contribution in [3.8, 4) is 0 Å². The monoisotopic (exact) mass is 353 g/mol. The molecular weight excluding hydrogens is 338 g/mol. The Kier molecular flexibility index (Phi) is 6.20. The number of H-pyrrole nitrogens is 1. The molecule has 2 aromatic rings. The number of thioether (sulfide) groups is 1. The lowest BCUT2D eigenvalue weighted by molar-refractivity contribution is -0.113. The van der Waals surface area contributed by atoms with Gasteiger partial charge in [0.15, 0.2) is 5.16 Å². The van der Waals surface area contributed by atoms with E-state index in [9.17, 15) is 9.59 Å². The van der Waals surface area contributed by atoms with Crippen molar-refractivity contribution in [1.82, 2.24) is 9.97 Å². The van der Waals surface area contributed by atoms with Crippen LogP contribution >= 0.6 is 23.4 Å². The van der Waals surface area contributed by atoms with Crippen LogP contribution in [-0.4, -0.2) is 28.7 Å². The van der Waals surface area contributed by atoms with Gasteiger partial charge in [-0.1, -0.05) is 29.4 Å². The van der Waals surface area contributed by atoms with Crippen molar-refractivity contribution in [2.45, 2.75) is 18.7 Å². The lowest BCUT2D eigenvalue weighted by Gasteiger charge is -2.07. The molecule has 0 aliphatic rings. The predicted octanol–water partition coefficient (Wildman–Crippen LogP) is 2.61. The van der Waals surface area contributed by atoms with E-state index in [0.717, 1.165) is 17.3 Å². The summed E-state index contributed by atoms with van der Waals surface area (Å²) in [5, 5.41) is 3.71. The van der Waals surface area contributed by atoms with Crippen molar-refractivity contribution in [2.75, 3.05) is 18.2 Å². The van der Waals surface area contributed by atoms with Crippen LogP contribution in [0.2, 0.25) is 5.02 Å². The van der Waals surface area contributed by atoms with E-state index in [1.807, 2.05) is 13.0 Å². The highest BCUT2D eigenvalue weighted by atomic mass is 35.5. The fraction of sp³-hybridized carbons (Fsp3) is 0.267. The van der Waals surface area contributed by atoms with Crippen LogP contribution in [-0.2, 0) is 16.1 Å². The number of nitrogens with zero attached hydrogens (tertiary/aromatic N) is 1. The Balaban J connectivity index is 1.96. The van der Waals surface area contributed by atoms with Gasteiger partial charge in [-0.2, -0.15) is 0 Å². The minimum atomic E-state index is -0.278. The number of benzene rings is 1. The number of aryl methyl sites for hydroxylation is 1. The lowest BCUT2D eigenvalue weighted by Crippen LogP contribution is -2.16. The van der Waals surface area contributed by atoms with E-state index in [1.165, 1.54) is 13.2 Å². The molecule has 1 amide bonds. The molecule has 8 heteroatoms. The van der Waals surface area contributed by atoms with Crippen LogP contribution in [0, 0.1) is 6.92 Å². The van der Waals surface area contributed by atoms with E-state index in [4.69, 9.17) is 16.3 Å². The third-order valence-electron chi connectivity index (χ3n) is 2.86. The van der Waals surface area contributed by atoms with E-state index in [2.05, 4.69) is 15.3 Å². The number of nitrogens with one attached hydrogen (secondary N) is 2. The minimum absolute atomic E-state index is 0.116. The molecule has 1 aromatic carbocycles. The van der Waals surface area contributed by atoms with Gasteiger partial charge in [0.05, 0.1) is 18.1 Å². The number of carbonyl (C=O) groups excluding carboxylic acids is 1. The van der Waals surface area contributed by atoms with Gasteiger partial charge in [-0.3, -0.25) is 9.59 Å². The van der Waals surface area contributed by atoms with Gasteiger partial charge in [0.1, 0.15) is 0 Å². The van der Waals surface area contributed by atoms with Crippen LogP contribution in [0.4, 0.5) is 5.69 Å². The van der Waals surface area contributed by atoms with Crippen LogP contribution in [0.1, 0.15) is 11.3 Å². The average molecular weight is 354 g/mol. The van der Waals surface area contributed by atoms with Crippen LogP contribution in [0.5, 0.6) is 0 Å². The SMILES string of the molecule is COCc1cc(=O)[nH]c(SCC(=O)Nc2ccc(C)c(Cl)c2)n1. The summed E-state index contributed by atoms with van der Waals surface area (Å²) < 4.78 is 4.95. The molecule has 122 valence electrons. The van der Waals surface area contributed by atoms with E-state index in [0.29, 0.717) is 21.6 Å². The maximum absolute atomic E-state index is 12.0. The predicted molar refractivity (Wildman–Crippen MR) is 91.1 cm³/mol. The standard InChI is InChI=1S/C15H16ClN3O3S/c1-9-3-4-10(5-12(9)16)17-14(21)8-23-15-18-11(7-22-2)6-13(20)19-15/h3-6H,7-8H2,1-2H3,(H,17,21)(H,18,19,20). The van der Waals surface area contributed by atoms with Crippen molar-refractivity contribution in [2.24, 2.45) is 0 Å². The van der Waals surface area contributed by atoms with Gasteiger partial charge >= 0.3 is 0 Å². The highest BCUT2D eigenvalue weighted by Gasteiger charge is 2.08. The smallest absolute Gasteiger partial charge is 0.251 e. The van der Waals surface area contributed by atoms with Gasteiger partial charge < -0.3 is 15.0 Å². The first kappa shape index (κ1) is 17.5. The average Bonchev–Trinajstić information content (AvgIpc) is 2.49. The molecule has 0 saturated heterocycles. The summed E-state index contributed by atoms with van der Waals surface area (Å²) in [6.07, 6.45) is 0. The number of carbonyl (C=O) groups is 1. The zero-order valence-corrected chi connectivity index (χ0v) is 14.3. The third kappa shape index (κ3) is 5.38. The van der Waals surface area contributed by atoms with Gasteiger partial charge in [0, 0.05) is 23.9 Å². The topological polar surface area (TPSA) is 84.1 Å². The number of anilines is 1. The van der Waals surface area contributed by atoms with Gasteiger partial charge in [0.2, 0.25) is 5.91 Å². The molecule has 0 unspecified atom stereocenters. The molecule has 1 aromatic heterocycles. The fourth-order valence-corrected chi connectivity index (χ4v) is 2.65. The highest BCUT2D eigenvalue weighted by molar-refractivity contribution is 7.99. The Labute approximate surface area is 142 Å². The van der Waals surface area contributed by atoms with Gasteiger partial charge in [0.25, 0.3) is 5.56 Å². The van der Waals surface area contributed by atoms with E-state index < -0.39 is 0 Å². The minimum Gasteiger partial charge on any atom is -0.378 e. The molecule has 0 radical (unpaired) electrons. The Bertz CT molecular complexity index is 764. The Morgan fingerprint density at radius 2 is 2.22 bits per heavy atom. The molecule has 0 bridgehead atoms. The number of aromatic nitrogens is 2. The van der Waals surface area contributed by atoms with Gasteiger partial charge in [-0.15, -0.1) is 0 Å². The maximum atomic E-state index is 12.0. The van der Waals surface area contributed by atoms with Crippen molar-refractivity contribution < 1.29 is 9.53 Å². The zero-order chi connectivity index (χ0) is 16.8. The molecule has 0 spiro atoms. The number of hydrogen-bond donors (Lipinski definition) is 2. The second-order valence-corrected chi connectivity index (χ2v) is 6.15. The molecule has 2 N–H and O–H groups in total. The van der Waals surface area contributed by atoms with Gasteiger partial charge in [-0.25, -0.2) is 4.98 Å². The summed E-state index contributed by atoms with van der Waals surface area (Å²) >= 11 is 7.16. The quantitative estimate of drug-likeness (QED) is 0.616. The van der Waals surface area contributed by atoms with Crippen molar-refractivity contribution in [3.63, 3.8) is 0 Å². The summed E-state index contributed by atoms with van der Waals surface area (Å²) in [4.78, 5) is 30.3. The number of hydrogen-bond acceptors (Lipinski definition) is 5. The Morgan fingerprint density at radius 3 is 2.91 bits per heavy atom. The van der Waals surface area contributed by atoms with Crippen molar-refractivity contribution >= 4 is 35.0 Å². The molecular formula is C15H16ClN3O3S. The van der Waals surface area contributed by atoms with E-state index >= 15 is 0 Å². The summed E-state index contributed by atoms with van der Waals surface area (Å²) in [7, 11) is 1.52. The van der Waals surface area contributed by atoms with E-state index in [-0.39, 0.29) is 23.8 Å². The third-order valence-corrected chi connectivity index (χ3v) is 4.14. The highest BCUT2D eigenvalue weighted by Crippen LogP contribution is 2.20. The maximum Gasteiger partial charge on any atom is 0.251 e. The van der Waals surface area contributed by atoms with Crippen LogP contribution in [0.15, 0.2) is 34.2 Å². The molecule has 2 rings (SSSR count). The number of ether oxygens (including phenoxy) is 1. The largest absolute Gasteiger partial charge is 0.378 e. The Hall–Kier alpha value is -1.83. The lowest BCUT2D eigenvalue weighted by atomic mass is 10.2. The zero-order valence-electron chi connectivity index (χ0n) is 12.7. The molecule has 0 fully saturated rings. The van der Waals surface area contributed by atoms with E-state index in [1.54, 1.807) is 12.1 Å². The normalized spacial score (nSPS) is 10.6. The number of methoxy groups -OCH3 is 1. The fourth-order valence-electron chi connectivity index (χ4n) is 1.78. The van der Waals surface area contributed by atoms with Crippen LogP contribution < -0.4 is 10.9 Å². The Morgan fingerprint density at radius 1 is 1.43 bits per heavy atom.